The van der Waals surface area contributed by atoms with Gasteiger partial charge in [0.25, 0.3) is 0 Å². The summed E-state index contributed by atoms with van der Waals surface area (Å²) in [6, 6.07) is 4.69. The lowest BCUT2D eigenvalue weighted by atomic mass is 9.79. The Bertz CT molecular complexity index is 782. The third-order valence-electron chi connectivity index (χ3n) is 5.38. The highest BCUT2D eigenvalue weighted by molar-refractivity contribution is 5.31. The SMILES string of the molecule is CCCc1cc(F)c(OCC2CCC(c3cc(F)c(F)c(F)c3)CC2)c(F)c1. The smallest absolute Gasteiger partial charge is 0.194 e. The molecule has 0 amide bonds. The molecule has 0 saturated heterocycles. The molecule has 0 atom stereocenters. The van der Waals surface area contributed by atoms with E-state index < -0.39 is 29.1 Å². The molecular formula is C22H23F5O. The van der Waals surface area contributed by atoms with Gasteiger partial charge in [-0.1, -0.05) is 13.3 Å². The van der Waals surface area contributed by atoms with E-state index >= 15 is 0 Å². The van der Waals surface area contributed by atoms with E-state index in [4.69, 9.17) is 4.74 Å². The van der Waals surface area contributed by atoms with Crippen LogP contribution >= 0.6 is 0 Å². The molecule has 0 aliphatic heterocycles. The van der Waals surface area contributed by atoms with Gasteiger partial charge in [0.2, 0.25) is 0 Å². The van der Waals surface area contributed by atoms with Crippen molar-refractivity contribution in [3.63, 3.8) is 0 Å². The van der Waals surface area contributed by atoms with Gasteiger partial charge in [-0.2, -0.15) is 0 Å². The predicted octanol–water partition coefficient (Wildman–Crippen LogP) is 6.69. The number of halogens is 5. The molecule has 1 nitrogen and oxygen atoms in total. The summed E-state index contributed by atoms with van der Waals surface area (Å²) in [4.78, 5) is 0. The number of aryl methyl sites for hydroxylation is 1. The van der Waals surface area contributed by atoms with Crippen LogP contribution in [0.4, 0.5) is 22.0 Å². The van der Waals surface area contributed by atoms with Gasteiger partial charge in [0, 0.05) is 0 Å². The van der Waals surface area contributed by atoms with Gasteiger partial charge >= 0.3 is 0 Å². The Hall–Kier alpha value is -2.11. The zero-order valence-electron chi connectivity index (χ0n) is 15.7. The van der Waals surface area contributed by atoms with Gasteiger partial charge in [0.05, 0.1) is 6.61 Å². The second-order valence-corrected chi connectivity index (χ2v) is 7.47. The number of hydrogen-bond donors (Lipinski definition) is 0. The molecule has 0 heterocycles. The molecule has 2 aromatic rings. The van der Waals surface area contributed by atoms with Gasteiger partial charge in [-0.3, -0.25) is 0 Å². The van der Waals surface area contributed by atoms with Crippen molar-refractivity contribution in [1.82, 2.24) is 0 Å². The summed E-state index contributed by atoms with van der Waals surface area (Å²) >= 11 is 0. The first-order valence-electron chi connectivity index (χ1n) is 9.64. The lowest BCUT2D eigenvalue weighted by Gasteiger charge is -2.29. The van der Waals surface area contributed by atoms with Crippen molar-refractivity contribution < 1.29 is 26.7 Å². The number of benzene rings is 2. The third-order valence-corrected chi connectivity index (χ3v) is 5.38. The lowest BCUT2D eigenvalue weighted by molar-refractivity contribution is 0.187. The summed E-state index contributed by atoms with van der Waals surface area (Å²) in [6.45, 7) is 2.12. The van der Waals surface area contributed by atoms with Crippen molar-refractivity contribution >= 4 is 0 Å². The van der Waals surface area contributed by atoms with E-state index in [2.05, 4.69) is 0 Å². The highest BCUT2D eigenvalue weighted by Crippen LogP contribution is 2.37. The van der Waals surface area contributed by atoms with Gasteiger partial charge < -0.3 is 4.74 Å². The van der Waals surface area contributed by atoms with E-state index in [1.807, 2.05) is 6.92 Å². The van der Waals surface area contributed by atoms with E-state index in [0.29, 0.717) is 43.2 Å². The summed E-state index contributed by atoms with van der Waals surface area (Å²) in [5, 5.41) is 0. The Balaban J connectivity index is 1.57. The number of hydrogen-bond acceptors (Lipinski definition) is 1. The Morgan fingerprint density at radius 2 is 1.39 bits per heavy atom. The standard InChI is InChI=1S/C22H23F5O/c1-2-3-14-8-19(25)22(20(26)9-14)28-12-13-4-6-15(7-5-13)16-10-17(23)21(27)18(24)11-16/h8-11,13,15H,2-7,12H2,1H3. The second-order valence-electron chi connectivity index (χ2n) is 7.47. The van der Waals surface area contributed by atoms with Crippen LogP contribution < -0.4 is 4.74 Å². The lowest BCUT2D eigenvalue weighted by Crippen LogP contribution is -2.20. The van der Waals surface area contributed by atoms with Crippen LogP contribution in [0.2, 0.25) is 0 Å². The second kappa shape index (κ2) is 8.93. The molecule has 0 radical (unpaired) electrons. The normalized spacial score (nSPS) is 19.6. The summed E-state index contributed by atoms with van der Waals surface area (Å²) in [6.07, 6.45) is 4.09. The van der Waals surface area contributed by atoms with Crippen molar-refractivity contribution in [1.29, 1.82) is 0 Å². The van der Waals surface area contributed by atoms with Gasteiger partial charge in [0.1, 0.15) is 0 Å². The minimum absolute atomic E-state index is 0.0670. The summed E-state index contributed by atoms with van der Waals surface area (Å²) in [7, 11) is 0. The largest absolute Gasteiger partial charge is 0.487 e. The van der Waals surface area contributed by atoms with Crippen molar-refractivity contribution in [3.8, 4) is 5.75 Å². The first-order valence-corrected chi connectivity index (χ1v) is 9.64. The third kappa shape index (κ3) is 4.65. The molecule has 0 bridgehead atoms. The van der Waals surface area contributed by atoms with Crippen LogP contribution in [0.25, 0.3) is 0 Å². The molecule has 1 saturated carbocycles. The first kappa shape index (κ1) is 20.6. The Kier molecular flexibility index (Phi) is 6.57. The predicted molar refractivity (Wildman–Crippen MR) is 96.9 cm³/mol. The zero-order chi connectivity index (χ0) is 20.3. The molecule has 1 aliphatic rings. The van der Waals surface area contributed by atoms with Crippen molar-refractivity contribution in [2.24, 2.45) is 5.92 Å². The van der Waals surface area contributed by atoms with Crippen molar-refractivity contribution in [2.75, 3.05) is 6.61 Å². The molecule has 0 N–H and O–H groups in total. The molecule has 3 rings (SSSR count). The molecule has 2 aromatic carbocycles. The van der Waals surface area contributed by atoms with E-state index in [1.54, 1.807) is 0 Å². The zero-order valence-corrected chi connectivity index (χ0v) is 15.7. The Morgan fingerprint density at radius 3 is 1.93 bits per heavy atom. The average molecular weight is 398 g/mol. The number of rotatable bonds is 6. The molecule has 0 unspecified atom stereocenters. The molecular weight excluding hydrogens is 375 g/mol. The molecule has 1 aliphatic carbocycles. The van der Waals surface area contributed by atoms with Crippen LogP contribution in [0.1, 0.15) is 56.1 Å². The van der Waals surface area contributed by atoms with Gasteiger partial charge in [-0.25, -0.2) is 22.0 Å². The Labute approximate surface area is 161 Å². The van der Waals surface area contributed by atoms with Gasteiger partial charge in [-0.15, -0.1) is 0 Å². The van der Waals surface area contributed by atoms with E-state index in [-0.39, 0.29) is 24.2 Å². The first-order chi connectivity index (χ1) is 13.4. The molecule has 152 valence electrons. The Morgan fingerprint density at radius 1 is 0.821 bits per heavy atom. The molecule has 0 spiro atoms. The fourth-order valence-corrected chi connectivity index (χ4v) is 3.86. The highest BCUT2D eigenvalue weighted by atomic mass is 19.2. The molecule has 6 heteroatoms. The minimum Gasteiger partial charge on any atom is -0.487 e. The number of ether oxygens (including phenoxy) is 1. The highest BCUT2D eigenvalue weighted by Gasteiger charge is 2.25. The van der Waals surface area contributed by atoms with Gasteiger partial charge in [-0.05, 0) is 79.3 Å². The maximum Gasteiger partial charge on any atom is 0.194 e. The topological polar surface area (TPSA) is 9.23 Å². The van der Waals surface area contributed by atoms with Crippen molar-refractivity contribution in [2.45, 2.75) is 51.4 Å². The molecule has 0 aromatic heterocycles. The van der Waals surface area contributed by atoms with Crippen LogP contribution in [-0.4, -0.2) is 6.61 Å². The van der Waals surface area contributed by atoms with E-state index in [0.717, 1.165) is 18.6 Å². The monoisotopic (exact) mass is 398 g/mol. The average Bonchev–Trinajstić information content (AvgIpc) is 2.66. The van der Waals surface area contributed by atoms with Crippen LogP contribution in [0.5, 0.6) is 5.75 Å². The quantitative estimate of drug-likeness (QED) is 0.389. The minimum atomic E-state index is -1.46. The van der Waals surface area contributed by atoms with Crippen LogP contribution in [-0.2, 0) is 6.42 Å². The molecule has 1 fully saturated rings. The maximum absolute atomic E-state index is 14.1. The van der Waals surface area contributed by atoms with E-state index in [9.17, 15) is 22.0 Å². The molecule has 28 heavy (non-hydrogen) atoms. The summed E-state index contributed by atoms with van der Waals surface area (Å²) < 4.78 is 73.6. The fourth-order valence-electron chi connectivity index (χ4n) is 3.86. The maximum atomic E-state index is 14.1. The van der Waals surface area contributed by atoms with Crippen molar-refractivity contribution in [3.05, 3.63) is 64.5 Å². The summed E-state index contributed by atoms with van der Waals surface area (Å²) in [5.41, 5.74) is 1.04. The fraction of sp³-hybridized carbons (Fsp3) is 0.455. The van der Waals surface area contributed by atoms with Crippen LogP contribution in [0.15, 0.2) is 24.3 Å². The summed E-state index contributed by atoms with van der Waals surface area (Å²) in [5.74, 6) is -5.55. The van der Waals surface area contributed by atoms with Crippen LogP contribution in [0.3, 0.4) is 0 Å². The van der Waals surface area contributed by atoms with Crippen LogP contribution in [0, 0.1) is 35.0 Å². The van der Waals surface area contributed by atoms with E-state index in [1.165, 1.54) is 12.1 Å². The van der Waals surface area contributed by atoms with Gasteiger partial charge in [0.15, 0.2) is 34.8 Å².